The number of carbonyl (C=O) groups excluding carboxylic acids is 1. The number of aryl methyl sites for hydroxylation is 1. The number of nitrogens with one attached hydrogen (secondary N) is 1. The van der Waals surface area contributed by atoms with Crippen LogP contribution in [0.3, 0.4) is 0 Å². The van der Waals surface area contributed by atoms with Gasteiger partial charge in [-0.3, -0.25) is 9.59 Å². The first-order valence-electron chi connectivity index (χ1n) is 7.68. The molecule has 5 heteroatoms. The van der Waals surface area contributed by atoms with Gasteiger partial charge in [0.2, 0.25) is 0 Å². The van der Waals surface area contributed by atoms with Gasteiger partial charge in [0.25, 0.3) is 5.91 Å². The molecule has 0 aliphatic heterocycles. The Morgan fingerprint density at radius 2 is 1.87 bits per heavy atom. The van der Waals surface area contributed by atoms with Gasteiger partial charge in [0.1, 0.15) is 0 Å². The van der Waals surface area contributed by atoms with E-state index in [0.29, 0.717) is 11.1 Å². The monoisotopic (exact) mass is 314 g/mol. The molecular formula is C18H22N2O3. The molecule has 5 nitrogen and oxygen atoms in total. The van der Waals surface area contributed by atoms with E-state index in [1.165, 1.54) is 0 Å². The quantitative estimate of drug-likeness (QED) is 0.861. The van der Waals surface area contributed by atoms with Gasteiger partial charge in [-0.1, -0.05) is 30.3 Å². The van der Waals surface area contributed by atoms with Crippen molar-refractivity contribution in [3.05, 3.63) is 58.9 Å². The molecule has 2 N–H and O–H groups in total. The molecule has 0 bridgehead atoms. The minimum absolute atomic E-state index is 0.0635. The lowest BCUT2D eigenvalue weighted by Crippen LogP contribution is -2.32. The minimum Gasteiger partial charge on any atom is -0.481 e. The van der Waals surface area contributed by atoms with Crippen molar-refractivity contribution in [1.29, 1.82) is 0 Å². The number of aromatic nitrogens is 1. The molecule has 1 amide bonds. The van der Waals surface area contributed by atoms with Crippen LogP contribution in [0.2, 0.25) is 0 Å². The Morgan fingerprint density at radius 1 is 1.22 bits per heavy atom. The van der Waals surface area contributed by atoms with Crippen LogP contribution in [-0.4, -0.2) is 28.1 Å². The summed E-state index contributed by atoms with van der Waals surface area (Å²) in [6.45, 7) is 6.74. The molecule has 0 saturated heterocycles. The maximum Gasteiger partial charge on any atom is 0.312 e. The molecule has 2 rings (SSSR count). The van der Waals surface area contributed by atoms with E-state index in [0.717, 1.165) is 17.9 Å². The summed E-state index contributed by atoms with van der Waals surface area (Å²) in [4.78, 5) is 23.9. The van der Waals surface area contributed by atoms with Crippen molar-refractivity contribution in [1.82, 2.24) is 9.88 Å². The molecule has 1 unspecified atom stereocenters. The Kier molecular flexibility index (Phi) is 5.21. The van der Waals surface area contributed by atoms with Crippen LogP contribution in [0.25, 0.3) is 0 Å². The zero-order chi connectivity index (χ0) is 17.0. The Hall–Kier alpha value is -2.56. The second-order valence-electron chi connectivity index (χ2n) is 5.54. The van der Waals surface area contributed by atoms with Crippen LogP contribution in [0.15, 0.2) is 36.4 Å². The normalized spacial score (nSPS) is 12.0. The summed E-state index contributed by atoms with van der Waals surface area (Å²) in [5, 5.41) is 12.1. The highest BCUT2D eigenvalue weighted by Crippen LogP contribution is 2.17. The molecule has 0 aliphatic carbocycles. The minimum atomic E-state index is -0.949. The first kappa shape index (κ1) is 16.8. The molecule has 1 atom stereocenters. The number of rotatable bonds is 6. The van der Waals surface area contributed by atoms with Gasteiger partial charge in [-0.05, 0) is 32.4 Å². The summed E-state index contributed by atoms with van der Waals surface area (Å²) >= 11 is 0. The van der Waals surface area contributed by atoms with Crippen molar-refractivity contribution in [2.24, 2.45) is 0 Å². The van der Waals surface area contributed by atoms with E-state index in [1.807, 2.05) is 32.9 Å². The Morgan fingerprint density at radius 3 is 2.39 bits per heavy atom. The zero-order valence-electron chi connectivity index (χ0n) is 13.7. The van der Waals surface area contributed by atoms with Crippen molar-refractivity contribution in [3.8, 4) is 0 Å². The Labute approximate surface area is 135 Å². The van der Waals surface area contributed by atoms with Gasteiger partial charge in [-0.2, -0.15) is 0 Å². The molecule has 2 aromatic rings. The van der Waals surface area contributed by atoms with Crippen molar-refractivity contribution < 1.29 is 14.7 Å². The van der Waals surface area contributed by atoms with Gasteiger partial charge in [-0.25, -0.2) is 0 Å². The van der Waals surface area contributed by atoms with Crippen LogP contribution in [0.5, 0.6) is 0 Å². The summed E-state index contributed by atoms with van der Waals surface area (Å²) in [5.74, 6) is -1.94. The van der Waals surface area contributed by atoms with E-state index in [-0.39, 0.29) is 12.5 Å². The number of carbonyl (C=O) groups is 2. The van der Waals surface area contributed by atoms with Gasteiger partial charge in [-0.15, -0.1) is 0 Å². The number of amides is 1. The zero-order valence-corrected chi connectivity index (χ0v) is 13.7. The van der Waals surface area contributed by atoms with Crippen LogP contribution in [-0.2, 0) is 11.3 Å². The van der Waals surface area contributed by atoms with Gasteiger partial charge in [0.15, 0.2) is 0 Å². The van der Waals surface area contributed by atoms with E-state index in [4.69, 9.17) is 0 Å². The fourth-order valence-electron chi connectivity index (χ4n) is 2.84. The first-order valence-corrected chi connectivity index (χ1v) is 7.68. The number of hydrogen-bond acceptors (Lipinski definition) is 2. The molecule has 23 heavy (non-hydrogen) atoms. The topological polar surface area (TPSA) is 71.3 Å². The highest BCUT2D eigenvalue weighted by molar-refractivity contribution is 5.96. The van der Waals surface area contributed by atoms with Crippen LogP contribution in [0.4, 0.5) is 0 Å². The predicted octanol–water partition coefficient (Wildman–Crippen LogP) is 2.72. The Bertz CT molecular complexity index is 705. The van der Waals surface area contributed by atoms with Crippen molar-refractivity contribution >= 4 is 11.9 Å². The number of hydrogen-bond donors (Lipinski definition) is 2. The van der Waals surface area contributed by atoms with E-state index in [2.05, 4.69) is 9.88 Å². The highest BCUT2D eigenvalue weighted by Gasteiger charge is 2.22. The third-order valence-electron chi connectivity index (χ3n) is 4.10. The van der Waals surface area contributed by atoms with Crippen LogP contribution in [0, 0.1) is 13.8 Å². The summed E-state index contributed by atoms with van der Waals surface area (Å²) in [6.07, 6.45) is 0. The molecule has 0 saturated carbocycles. The van der Waals surface area contributed by atoms with Crippen LogP contribution >= 0.6 is 0 Å². The molecular weight excluding hydrogens is 292 g/mol. The first-order chi connectivity index (χ1) is 11.0. The third-order valence-corrected chi connectivity index (χ3v) is 4.10. The van der Waals surface area contributed by atoms with E-state index < -0.39 is 11.9 Å². The smallest absolute Gasteiger partial charge is 0.312 e. The summed E-state index contributed by atoms with van der Waals surface area (Å²) in [7, 11) is 0. The van der Waals surface area contributed by atoms with Crippen LogP contribution in [0.1, 0.15) is 40.2 Å². The van der Waals surface area contributed by atoms with Gasteiger partial charge >= 0.3 is 5.97 Å². The Balaban J connectivity index is 2.12. The predicted molar refractivity (Wildman–Crippen MR) is 88.7 cm³/mol. The molecule has 122 valence electrons. The van der Waals surface area contributed by atoms with Gasteiger partial charge < -0.3 is 15.0 Å². The maximum absolute atomic E-state index is 12.4. The largest absolute Gasteiger partial charge is 0.481 e. The number of carboxylic acid groups (broad SMARTS) is 1. The summed E-state index contributed by atoms with van der Waals surface area (Å²) < 4.78 is 2.06. The molecule has 0 aliphatic rings. The lowest BCUT2D eigenvalue weighted by molar-refractivity contribution is -0.138. The SMILES string of the molecule is CCn1c(C)cc(C(=O)NCC(C(=O)O)c2ccccc2)c1C. The van der Waals surface area contributed by atoms with Gasteiger partial charge in [0, 0.05) is 24.5 Å². The summed E-state index contributed by atoms with van der Waals surface area (Å²) in [6, 6.07) is 10.8. The lowest BCUT2D eigenvalue weighted by atomic mass is 9.99. The molecule has 0 fully saturated rings. The van der Waals surface area contributed by atoms with E-state index in [1.54, 1.807) is 24.3 Å². The maximum atomic E-state index is 12.4. The van der Waals surface area contributed by atoms with Crippen molar-refractivity contribution in [3.63, 3.8) is 0 Å². The second kappa shape index (κ2) is 7.13. The molecule has 1 aromatic carbocycles. The second-order valence-corrected chi connectivity index (χ2v) is 5.54. The summed E-state index contributed by atoms with van der Waals surface area (Å²) in [5.41, 5.74) is 3.20. The molecule has 0 radical (unpaired) electrons. The lowest BCUT2D eigenvalue weighted by Gasteiger charge is -2.14. The van der Waals surface area contributed by atoms with Crippen LogP contribution < -0.4 is 5.32 Å². The number of benzene rings is 1. The highest BCUT2D eigenvalue weighted by atomic mass is 16.4. The molecule has 1 heterocycles. The fourth-order valence-corrected chi connectivity index (χ4v) is 2.84. The van der Waals surface area contributed by atoms with E-state index >= 15 is 0 Å². The molecule has 0 spiro atoms. The standard InChI is InChI=1S/C18H22N2O3/c1-4-20-12(2)10-15(13(20)3)17(21)19-11-16(18(22)23)14-8-6-5-7-9-14/h5-10,16H,4,11H2,1-3H3,(H,19,21)(H,22,23). The van der Waals surface area contributed by atoms with Crippen molar-refractivity contribution in [2.45, 2.75) is 33.2 Å². The van der Waals surface area contributed by atoms with E-state index in [9.17, 15) is 14.7 Å². The molecule has 1 aromatic heterocycles. The number of aliphatic carboxylic acids is 1. The van der Waals surface area contributed by atoms with Gasteiger partial charge in [0.05, 0.1) is 11.5 Å². The average Bonchev–Trinajstić information content (AvgIpc) is 2.82. The number of nitrogens with zero attached hydrogens (tertiary/aromatic N) is 1. The van der Waals surface area contributed by atoms with Crippen molar-refractivity contribution in [2.75, 3.05) is 6.54 Å². The third kappa shape index (κ3) is 3.62. The average molecular weight is 314 g/mol. The fraction of sp³-hybridized carbons (Fsp3) is 0.333. The number of carboxylic acids is 1.